The van der Waals surface area contributed by atoms with E-state index in [1.54, 1.807) is 29.2 Å². The number of rotatable bonds is 8. The molecule has 8 nitrogen and oxygen atoms in total. The molecule has 0 bridgehead atoms. The summed E-state index contributed by atoms with van der Waals surface area (Å²) in [5.41, 5.74) is 0.674. The van der Waals surface area contributed by atoms with Gasteiger partial charge in [-0.15, -0.1) is 0 Å². The number of carbonyl (C=O) groups excluding carboxylic acids is 3. The van der Waals surface area contributed by atoms with E-state index in [4.69, 9.17) is 0 Å². The molecule has 0 saturated carbocycles. The van der Waals surface area contributed by atoms with Crippen molar-refractivity contribution in [3.8, 4) is 0 Å². The Kier molecular flexibility index (Phi) is 7.97. The van der Waals surface area contributed by atoms with E-state index in [0.717, 1.165) is 6.42 Å². The first-order chi connectivity index (χ1) is 14.1. The topological polar surface area (TPSA) is 94.1 Å². The molecule has 0 spiro atoms. The van der Waals surface area contributed by atoms with Gasteiger partial charge in [-0.1, -0.05) is 12.1 Å². The Morgan fingerprint density at radius 2 is 1.70 bits per heavy atom. The predicted octanol–water partition coefficient (Wildman–Crippen LogP) is 1.87. The minimum Gasteiger partial charge on any atom is -0.357 e. The second-order valence-corrected chi connectivity index (χ2v) is 8.40. The summed E-state index contributed by atoms with van der Waals surface area (Å²) in [6, 6.07) is 6.91. The maximum atomic E-state index is 12.4. The van der Waals surface area contributed by atoms with Crippen molar-refractivity contribution in [1.82, 2.24) is 20.4 Å². The summed E-state index contributed by atoms with van der Waals surface area (Å²) in [5, 5.41) is 6.12. The van der Waals surface area contributed by atoms with Gasteiger partial charge in [-0.2, -0.15) is 0 Å². The summed E-state index contributed by atoms with van der Waals surface area (Å²) in [4.78, 5) is 44.6. The summed E-state index contributed by atoms with van der Waals surface area (Å²) in [6.07, 6.45) is 1.40. The Balaban J connectivity index is 1.83. The number of imide groups is 1. The van der Waals surface area contributed by atoms with Crippen molar-refractivity contribution in [2.45, 2.75) is 46.1 Å². The zero-order chi connectivity index (χ0) is 22.3. The number of hydrogen-bond donors (Lipinski definition) is 2. The first-order valence-corrected chi connectivity index (χ1v) is 10.4. The lowest BCUT2D eigenvalue weighted by atomic mass is 10.1. The predicted molar refractivity (Wildman–Crippen MR) is 118 cm³/mol. The molecule has 2 N–H and O–H groups in total. The van der Waals surface area contributed by atoms with Crippen LogP contribution in [0.4, 0.5) is 0 Å². The molecular weight excluding hydrogens is 382 g/mol. The van der Waals surface area contributed by atoms with Gasteiger partial charge in [-0.3, -0.25) is 24.3 Å². The number of nitrogens with zero attached hydrogens (tertiary/aromatic N) is 3. The molecule has 30 heavy (non-hydrogen) atoms. The molecule has 1 aromatic carbocycles. The Bertz CT molecular complexity index is 778. The Morgan fingerprint density at radius 3 is 2.23 bits per heavy atom. The van der Waals surface area contributed by atoms with Crippen LogP contribution in [0, 0.1) is 0 Å². The largest absolute Gasteiger partial charge is 0.357 e. The summed E-state index contributed by atoms with van der Waals surface area (Å²) >= 11 is 0. The van der Waals surface area contributed by atoms with Crippen molar-refractivity contribution in [1.29, 1.82) is 0 Å². The quantitative estimate of drug-likeness (QED) is 0.293. The highest BCUT2D eigenvalue weighted by molar-refractivity contribution is 6.21. The molecule has 0 radical (unpaired) electrons. The summed E-state index contributed by atoms with van der Waals surface area (Å²) in [6.45, 7) is 9.62. The number of hydrogen-bond acceptors (Lipinski definition) is 4. The van der Waals surface area contributed by atoms with Crippen molar-refractivity contribution in [3.63, 3.8) is 0 Å². The van der Waals surface area contributed by atoms with E-state index in [1.165, 1.54) is 4.90 Å². The van der Waals surface area contributed by atoms with Gasteiger partial charge < -0.3 is 15.5 Å². The first kappa shape index (κ1) is 23.4. The number of amides is 3. The average molecular weight is 416 g/mol. The Morgan fingerprint density at radius 1 is 1.10 bits per heavy atom. The van der Waals surface area contributed by atoms with E-state index in [0.29, 0.717) is 43.1 Å². The zero-order valence-electron chi connectivity index (χ0n) is 18.6. The normalized spacial score (nSPS) is 14.0. The number of guanidine groups is 1. The molecule has 0 saturated heterocycles. The number of aliphatic imine (C=N–C) groups is 1. The average Bonchev–Trinajstić information content (AvgIpc) is 2.90. The highest BCUT2D eigenvalue weighted by Crippen LogP contribution is 2.22. The fourth-order valence-electron chi connectivity index (χ4n) is 3.23. The first-order valence-electron chi connectivity index (χ1n) is 10.4. The Labute approximate surface area is 178 Å². The van der Waals surface area contributed by atoms with Gasteiger partial charge in [0.1, 0.15) is 0 Å². The number of likely N-dealkylation sites (N-methyl/N-ethyl adjacent to an activating group) is 1. The lowest BCUT2D eigenvalue weighted by Gasteiger charge is -2.25. The second-order valence-electron chi connectivity index (χ2n) is 8.40. The third-order valence-corrected chi connectivity index (χ3v) is 4.52. The Hall–Kier alpha value is -2.90. The molecule has 0 fully saturated rings. The molecule has 0 aromatic heterocycles. The molecule has 0 aliphatic carbocycles. The lowest BCUT2D eigenvalue weighted by molar-refractivity contribution is -0.122. The molecule has 2 rings (SSSR count). The molecule has 8 heteroatoms. The third kappa shape index (κ3) is 6.30. The van der Waals surface area contributed by atoms with Gasteiger partial charge in [0.15, 0.2) is 5.96 Å². The second kappa shape index (κ2) is 10.2. The van der Waals surface area contributed by atoms with Crippen LogP contribution in [0.2, 0.25) is 0 Å². The fourth-order valence-corrected chi connectivity index (χ4v) is 3.23. The van der Waals surface area contributed by atoms with Gasteiger partial charge in [0.05, 0.1) is 17.7 Å². The van der Waals surface area contributed by atoms with Crippen LogP contribution in [0.1, 0.15) is 61.3 Å². The fraction of sp³-hybridized carbons (Fsp3) is 0.545. The molecular formula is C22H33N5O3. The molecule has 3 amide bonds. The smallest absolute Gasteiger partial charge is 0.261 e. The summed E-state index contributed by atoms with van der Waals surface area (Å²) in [7, 11) is 1.82. The van der Waals surface area contributed by atoms with Gasteiger partial charge in [0.25, 0.3) is 11.8 Å². The minimum absolute atomic E-state index is 0.0683. The highest BCUT2D eigenvalue weighted by atomic mass is 16.2. The standard InChI is InChI=1S/C22H33N5O3/c1-6-23-21(26(5)15-18(28)25-22(2,3)4)24-13-9-10-14-27-19(29)16-11-7-8-12-17(16)20(27)30/h7-8,11-12H,6,9-10,13-15H2,1-5H3,(H,23,24)(H,25,28). The molecule has 1 aliphatic heterocycles. The lowest BCUT2D eigenvalue weighted by Crippen LogP contribution is -2.48. The van der Waals surface area contributed by atoms with Gasteiger partial charge in [-0.25, -0.2) is 0 Å². The summed E-state index contributed by atoms with van der Waals surface area (Å²) in [5.74, 6) is 0.137. The maximum Gasteiger partial charge on any atom is 0.261 e. The molecule has 0 atom stereocenters. The maximum absolute atomic E-state index is 12.4. The molecule has 164 valence electrons. The van der Waals surface area contributed by atoms with Crippen molar-refractivity contribution in [2.24, 2.45) is 4.99 Å². The van der Waals surface area contributed by atoms with Gasteiger partial charge in [0.2, 0.25) is 5.91 Å². The highest BCUT2D eigenvalue weighted by Gasteiger charge is 2.34. The van der Waals surface area contributed by atoms with Crippen LogP contribution in [0.15, 0.2) is 29.3 Å². The number of unbranched alkanes of at least 4 members (excludes halogenated alkanes) is 1. The van der Waals surface area contributed by atoms with E-state index in [-0.39, 0.29) is 29.8 Å². The van der Waals surface area contributed by atoms with Gasteiger partial charge in [0, 0.05) is 32.2 Å². The molecule has 1 heterocycles. The molecule has 0 unspecified atom stereocenters. The number of fused-ring (bicyclic) bond motifs is 1. The molecule has 1 aromatic rings. The number of nitrogens with one attached hydrogen (secondary N) is 2. The van der Waals surface area contributed by atoms with E-state index < -0.39 is 0 Å². The van der Waals surface area contributed by atoms with Crippen molar-refractivity contribution in [3.05, 3.63) is 35.4 Å². The van der Waals surface area contributed by atoms with Gasteiger partial charge >= 0.3 is 0 Å². The van der Waals surface area contributed by atoms with Crippen molar-refractivity contribution in [2.75, 3.05) is 33.2 Å². The van der Waals surface area contributed by atoms with Crippen LogP contribution in [0.5, 0.6) is 0 Å². The number of benzene rings is 1. The minimum atomic E-state index is -0.280. The van der Waals surface area contributed by atoms with Crippen LogP contribution in [0.25, 0.3) is 0 Å². The van der Waals surface area contributed by atoms with E-state index >= 15 is 0 Å². The van der Waals surface area contributed by atoms with Crippen LogP contribution < -0.4 is 10.6 Å². The van der Waals surface area contributed by atoms with Crippen molar-refractivity contribution < 1.29 is 14.4 Å². The van der Waals surface area contributed by atoms with Crippen molar-refractivity contribution >= 4 is 23.7 Å². The summed E-state index contributed by atoms with van der Waals surface area (Å²) < 4.78 is 0. The van der Waals surface area contributed by atoms with E-state index in [2.05, 4.69) is 15.6 Å². The van der Waals surface area contributed by atoms with Gasteiger partial charge in [-0.05, 0) is 52.7 Å². The van der Waals surface area contributed by atoms with E-state index in [9.17, 15) is 14.4 Å². The SMILES string of the molecule is CCNC(=NCCCCN1C(=O)c2ccccc2C1=O)N(C)CC(=O)NC(C)(C)C. The zero-order valence-corrected chi connectivity index (χ0v) is 18.6. The monoisotopic (exact) mass is 415 g/mol. The van der Waals surface area contributed by atoms with Crippen LogP contribution >= 0.6 is 0 Å². The van der Waals surface area contributed by atoms with Crippen LogP contribution in [0.3, 0.4) is 0 Å². The molecule has 1 aliphatic rings. The van der Waals surface area contributed by atoms with E-state index in [1.807, 2.05) is 34.7 Å². The third-order valence-electron chi connectivity index (χ3n) is 4.52. The van der Waals surface area contributed by atoms with Crippen LogP contribution in [-0.4, -0.2) is 72.2 Å². The number of carbonyl (C=O) groups is 3. The van der Waals surface area contributed by atoms with Crippen LogP contribution in [-0.2, 0) is 4.79 Å².